The lowest BCUT2D eigenvalue weighted by Gasteiger charge is -2.16. The van der Waals surface area contributed by atoms with Crippen LogP contribution in [0, 0.1) is 11.8 Å². The lowest BCUT2D eigenvalue weighted by atomic mass is 9.93. The molecular weight excluding hydrogens is 572 g/mol. The maximum Gasteiger partial charge on any atom is 0.308 e. The van der Waals surface area contributed by atoms with Gasteiger partial charge in [-0.2, -0.15) is 0 Å². The highest BCUT2D eigenvalue weighted by Crippen LogP contribution is 2.24. The first-order valence-corrected chi connectivity index (χ1v) is 20.5. The van der Waals surface area contributed by atoms with Crippen LogP contribution >= 0.6 is 0 Å². The summed E-state index contributed by atoms with van der Waals surface area (Å²) in [5.74, 6) is 0.509. The number of hydrogen-bond donors (Lipinski definition) is 0. The molecule has 0 spiro atoms. The summed E-state index contributed by atoms with van der Waals surface area (Å²) in [7, 11) is 0. The topological polar surface area (TPSA) is 69.7 Å². The SMILES string of the molecule is O=C(CCCCCOC(=O)C1CCCCCCCCCCCCC1)CCCCCOC(=O)C1CCCCCCCCCCCCC1. The van der Waals surface area contributed by atoms with Gasteiger partial charge in [0.1, 0.15) is 5.78 Å². The Bertz CT molecular complexity index is 661. The second-order valence-corrected chi connectivity index (χ2v) is 14.8. The van der Waals surface area contributed by atoms with Gasteiger partial charge in [0.25, 0.3) is 0 Å². The summed E-state index contributed by atoms with van der Waals surface area (Å²) in [6, 6.07) is 0. The molecule has 2 aliphatic rings. The van der Waals surface area contributed by atoms with Gasteiger partial charge in [-0.25, -0.2) is 0 Å². The summed E-state index contributed by atoms with van der Waals surface area (Å²) in [5.41, 5.74) is 0. The van der Waals surface area contributed by atoms with E-state index >= 15 is 0 Å². The number of esters is 2. The summed E-state index contributed by atoms with van der Waals surface area (Å²) in [5, 5.41) is 0. The van der Waals surface area contributed by atoms with Crippen LogP contribution in [0.2, 0.25) is 0 Å². The summed E-state index contributed by atoms with van der Waals surface area (Å²) in [4.78, 5) is 37.9. The molecule has 0 unspecified atom stereocenters. The Labute approximate surface area is 284 Å². The van der Waals surface area contributed by atoms with E-state index < -0.39 is 0 Å². The van der Waals surface area contributed by atoms with Crippen LogP contribution < -0.4 is 0 Å². The van der Waals surface area contributed by atoms with Gasteiger partial charge in [0.2, 0.25) is 0 Å². The Hall–Kier alpha value is -1.39. The molecule has 0 aromatic carbocycles. The van der Waals surface area contributed by atoms with Gasteiger partial charge in [0, 0.05) is 12.8 Å². The van der Waals surface area contributed by atoms with Crippen LogP contribution in [0.5, 0.6) is 0 Å². The normalized spacial score (nSPS) is 20.2. The summed E-state index contributed by atoms with van der Waals surface area (Å²) >= 11 is 0. The van der Waals surface area contributed by atoms with E-state index in [4.69, 9.17) is 9.47 Å². The van der Waals surface area contributed by atoms with Gasteiger partial charge in [-0.3, -0.25) is 14.4 Å². The zero-order valence-corrected chi connectivity index (χ0v) is 30.2. The molecule has 0 aliphatic heterocycles. The number of unbranched alkanes of at least 4 members (excludes halogenated alkanes) is 4. The summed E-state index contributed by atoms with van der Waals surface area (Å²) in [6.45, 7) is 0.978. The molecule has 0 saturated heterocycles. The van der Waals surface area contributed by atoms with Crippen LogP contribution in [-0.4, -0.2) is 30.9 Å². The van der Waals surface area contributed by atoms with Crippen molar-refractivity contribution in [3.63, 3.8) is 0 Å². The van der Waals surface area contributed by atoms with Crippen LogP contribution in [0.15, 0.2) is 0 Å². The smallest absolute Gasteiger partial charge is 0.308 e. The molecule has 0 aromatic rings. The number of ketones is 1. The Morgan fingerprint density at radius 2 is 0.609 bits per heavy atom. The molecule has 2 saturated carbocycles. The maximum atomic E-state index is 12.8. The number of hydrogen-bond acceptors (Lipinski definition) is 5. The van der Waals surface area contributed by atoms with Crippen LogP contribution in [0.25, 0.3) is 0 Å². The number of ether oxygens (including phenoxy) is 2. The molecule has 2 fully saturated rings. The summed E-state index contributed by atoms with van der Waals surface area (Å²) in [6.07, 6.45) is 38.9. The van der Waals surface area contributed by atoms with Gasteiger partial charge in [0.05, 0.1) is 25.0 Å². The third-order valence-corrected chi connectivity index (χ3v) is 10.6. The van der Waals surface area contributed by atoms with Crippen molar-refractivity contribution in [1.29, 1.82) is 0 Å². The predicted octanol–water partition coefficient (Wildman–Crippen LogP) is 12.2. The van der Waals surface area contributed by atoms with Crippen molar-refractivity contribution in [3.8, 4) is 0 Å². The highest BCUT2D eigenvalue weighted by Gasteiger charge is 2.20. The van der Waals surface area contributed by atoms with Gasteiger partial charge >= 0.3 is 11.9 Å². The first-order valence-electron chi connectivity index (χ1n) is 20.5. The summed E-state index contributed by atoms with van der Waals surface area (Å²) < 4.78 is 11.4. The Balaban J connectivity index is 1.47. The molecule has 5 nitrogen and oxygen atoms in total. The standard InChI is InChI=1S/C41H74O5/c42-39(33-25-19-27-35-45-40(43)37-29-21-15-11-7-3-1-4-8-12-16-22-30-37)34-26-20-28-36-46-41(44)38-31-23-17-13-9-5-2-6-10-14-18-24-32-38/h37-38H,1-36H2. The second-order valence-electron chi connectivity index (χ2n) is 14.8. The highest BCUT2D eigenvalue weighted by molar-refractivity contribution is 5.78. The number of carbonyl (C=O) groups is 3. The van der Waals surface area contributed by atoms with Crippen LogP contribution in [-0.2, 0) is 23.9 Å². The fraction of sp³-hybridized carbons (Fsp3) is 0.927. The average molecular weight is 647 g/mol. The van der Waals surface area contributed by atoms with Crippen molar-refractivity contribution < 1.29 is 23.9 Å². The van der Waals surface area contributed by atoms with Crippen LogP contribution in [0.3, 0.4) is 0 Å². The van der Waals surface area contributed by atoms with Crippen molar-refractivity contribution in [2.24, 2.45) is 11.8 Å². The Morgan fingerprint density at radius 1 is 0.348 bits per heavy atom. The molecule has 2 aliphatic carbocycles. The lowest BCUT2D eigenvalue weighted by Crippen LogP contribution is -2.19. The zero-order chi connectivity index (χ0) is 32.8. The minimum absolute atomic E-state index is 0.0147. The van der Waals surface area contributed by atoms with Gasteiger partial charge in [-0.05, 0) is 64.2 Å². The third-order valence-electron chi connectivity index (χ3n) is 10.6. The van der Waals surface area contributed by atoms with E-state index in [1.54, 1.807) is 0 Å². The van der Waals surface area contributed by atoms with Gasteiger partial charge in [0.15, 0.2) is 0 Å². The number of Topliss-reactive ketones (excluding diaryl/α,β-unsaturated/α-hetero) is 1. The molecule has 0 heterocycles. The fourth-order valence-electron chi connectivity index (χ4n) is 7.41. The molecule has 0 radical (unpaired) electrons. The first kappa shape index (κ1) is 40.8. The second kappa shape index (κ2) is 29.7. The molecule has 268 valence electrons. The Morgan fingerprint density at radius 3 is 0.891 bits per heavy atom. The molecule has 0 atom stereocenters. The molecule has 0 aromatic heterocycles. The van der Waals surface area contributed by atoms with Gasteiger partial charge < -0.3 is 9.47 Å². The third kappa shape index (κ3) is 23.0. The quantitative estimate of drug-likeness (QED) is 0.139. The van der Waals surface area contributed by atoms with Crippen molar-refractivity contribution in [1.82, 2.24) is 0 Å². The first-order chi connectivity index (χ1) is 22.7. The van der Waals surface area contributed by atoms with Crippen molar-refractivity contribution in [2.75, 3.05) is 13.2 Å². The van der Waals surface area contributed by atoms with Gasteiger partial charge in [-0.15, -0.1) is 0 Å². The number of carbonyl (C=O) groups excluding carboxylic acids is 3. The maximum absolute atomic E-state index is 12.8. The average Bonchev–Trinajstić information content (AvgIpc) is 3.05. The lowest BCUT2D eigenvalue weighted by molar-refractivity contribution is -0.150. The largest absolute Gasteiger partial charge is 0.465 e. The van der Waals surface area contributed by atoms with E-state index in [0.717, 1.165) is 89.9 Å². The minimum atomic E-state index is 0.0147. The van der Waals surface area contributed by atoms with E-state index in [1.165, 1.54) is 116 Å². The number of rotatable bonds is 14. The van der Waals surface area contributed by atoms with E-state index in [2.05, 4.69) is 0 Å². The predicted molar refractivity (Wildman–Crippen MR) is 191 cm³/mol. The molecule has 2 rings (SSSR count). The fourth-order valence-corrected chi connectivity index (χ4v) is 7.41. The minimum Gasteiger partial charge on any atom is -0.465 e. The van der Waals surface area contributed by atoms with Gasteiger partial charge in [-0.1, -0.05) is 141 Å². The molecule has 0 amide bonds. The molecule has 0 N–H and O–H groups in total. The monoisotopic (exact) mass is 647 g/mol. The van der Waals surface area contributed by atoms with Crippen LogP contribution in [0.1, 0.15) is 218 Å². The van der Waals surface area contributed by atoms with E-state index in [-0.39, 0.29) is 23.8 Å². The highest BCUT2D eigenvalue weighted by atomic mass is 16.5. The van der Waals surface area contributed by atoms with Crippen molar-refractivity contribution in [3.05, 3.63) is 0 Å². The van der Waals surface area contributed by atoms with Crippen LogP contribution in [0.4, 0.5) is 0 Å². The molecule has 46 heavy (non-hydrogen) atoms. The zero-order valence-electron chi connectivity index (χ0n) is 30.2. The van der Waals surface area contributed by atoms with E-state index in [9.17, 15) is 14.4 Å². The molecule has 5 heteroatoms. The van der Waals surface area contributed by atoms with Crippen molar-refractivity contribution in [2.45, 2.75) is 218 Å². The van der Waals surface area contributed by atoms with E-state index in [1.807, 2.05) is 0 Å². The molecule has 0 bridgehead atoms. The molecular formula is C41H74O5. The van der Waals surface area contributed by atoms with E-state index in [0.29, 0.717) is 31.8 Å². The Kier molecular flexibility index (Phi) is 26.4. The van der Waals surface area contributed by atoms with Crippen molar-refractivity contribution >= 4 is 17.7 Å².